The van der Waals surface area contributed by atoms with Crippen molar-refractivity contribution in [3.05, 3.63) is 53.1 Å². The summed E-state index contributed by atoms with van der Waals surface area (Å²) in [5.41, 5.74) is 2.18. The molecule has 5 nitrogen and oxygen atoms in total. The largest absolute Gasteiger partial charge is 0.355 e. The standard InChI is InChI=1S/C16H19FN4O/c1-18-16(22)13-8-19-20-15(13)12-6-7-21(10-12)9-11-4-2-3-5-14(11)17/h2-5,8,12H,6-7,9-10H2,1H3,(H,18,22)(H,19,20). The van der Waals surface area contributed by atoms with E-state index >= 15 is 0 Å². The van der Waals surface area contributed by atoms with Crippen molar-refractivity contribution in [2.75, 3.05) is 20.1 Å². The second kappa shape index (κ2) is 6.27. The van der Waals surface area contributed by atoms with Crippen LogP contribution in [0.2, 0.25) is 0 Å². The monoisotopic (exact) mass is 302 g/mol. The molecule has 1 aromatic carbocycles. The van der Waals surface area contributed by atoms with Gasteiger partial charge < -0.3 is 5.32 Å². The van der Waals surface area contributed by atoms with Gasteiger partial charge in [-0.15, -0.1) is 0 Å². The Hall–Kier alpha value is -2.21. The first-order valence-electron chi connectivity index (χ1n) is 7.40. The number of rotatable bonds is 4. The Kier molecular flexibility index (Phi) is 4.20. The first-order chi connectivity index (χ1) is 10.7. The Balaban J connectivity index is 1.69. The maximum absolute atomic E-state index is 13.7. The highest BCUT2D eigenvalue weighted by Crippen LogP contribution is 2.29. The van der Waals surface area contributed by atoms with E-state index in [1.165, 1.54) is 6.07 Å². The van der Waals surface area contributed by atoms with Crippen molar-refractivity contribution in [2.24, 2.45) is 0 Å². The lowest BCUT2D eigenvalue weighted by Crippen LogP contribution is -2.22. The zero-order valence-corrected chi connectivity index (χ0v) is 12.5. The number of H-pyrrole nitrogens is 1. The molecular formula is C16H19FN4O. The zero-order chi connectivity index (χ0) is 15.5. The number of nitrogens with one attached hydrogen (secondary N) is 2. The fourth-order valence-corrected chi connectivity index (χ4v) is 3.00. The Labute approximate surface area is 128 Å². The number of aromatic amines is 1. The Bertz CT molecular complexity index is 670. The van der Waals surface area contributed by atoms with Crippen molar-refractivity contribution in [2.45, 2.75) is 18.9 Å². The Morgan fingerprint density at radius 3 is 3.09 bits per heavy atom. The predicted molar refractivity (Wildman–Crippen MR) is 81.0 cm³/mol. The maximum atomic E-state index is 13.7. The van der Waals surface area contributed by atoms with Gasteiger partial charge in [-0.2, -0.15) is 5.10 Å². The molecule has 2 aromatic rings. The number of halogens is 1. The van der Waals surface area contributed by atoms with Crippen LogP contribution in [0.3, 0.4) is 0 Å². The average Bonchev–Trinajstić information content (AvgIpc) is 3.17. The van der Waals surface area contributed by atoms with Crippen LogP contribution in [0.15, 0.2) is 30.5 Å². The molecule has 0 bridgehead atoms. The lowest BCUT2D eigenvalue weighted by Gasteiger charge is -2.16. The molecule has 1 saturated heterocycles. The molecule has 1 amide bonds. The summed E-state index contributed by atoms with van der Waals surface area (Å²) in [7, 11) is 1.61. The zero-order valence-electron chi connectivity index (χ0n) is 12.5. The molecule has 2 heterocycles. The van der Waals surface area contributed by atoms with Gasteiger partial charge in [0.15, 0.2) is 0 Å². The van der Waals surface area contributed by atoms with Crippen LogP contribution < -0.4 is 5.32 Å². The highest BCUT2D eigenvalue weighted by atomic mass is 19.1. The first-order valence-corrected chi connectivity index (χ1v) is 7.40. The quantitative estimate of drug-likeness (QED) is 0.907. The molecule has 1 aromatic heterocycles. The van der Waals surface area contributed by atoms with Gasteiger partial charge in [0.05, 0.1) is 17.5 Å². The number of nitrogens with zero attached hydrogens (tertiary/aromatic N) is 2. The van der Waals surface area contributed by atoms with Crippen LogP contribution in [0.1, 0.15) is 34.0 Å². The minimum absolute atomic E-state index is 0.128. The van der Waals surface area contributed by atoms with Crippen LogP contribution in [-0.4, -0.2) is 41.1 Å². The summed E-state index contributed by atoms with van der Waals surface area (Å²) in [6.07, 6.45) is 2.49. The Morgan fingerprint density at radius 1 is 1.50 bits per heavy atom. The Morgan fingerprint density at radius 2 is 2.32 bits per heavy atom. The topological polar surface area (TPSA) is 61.0 Å². The number of hydrogen-bond acceptors (Lipinski definition) is 3. The fraction of sp³-hybridized carbons (Fsp3) is 0.375. The molecule has 6 heteroatoms. The van der Waals surface area contributed by atoms with Crippen LogP contribution in [0.4, 0.5) is 4.39 Å². The molecule has 0 spiro atoms. The van der Waals surface area contributed by atoms with Gasteiger partial charge >= 0.3 is 0 Å². The number of amides is 1. The van der Waals surface area contributed by atoms with Gasteiger partial charge in [0.25, 0.3) is 5.91 Å². The van der Waals surface area contributed by atoms with Crippen molar-refractivity contribution in [1.29, 1.82) is 0 Å². The summed E-state index contributed by atoms with van der Waals surface area (Å²) in [6, 6.07) is 6.85. The van der Waals surface area contributed by atoms with Crippen molar-refractivity contribution in [3.63, 3.8) is 0 Å². The number of benzene rings is 1. The molecule has 1 aliphatic heterocycles. The lowest BCUT2D eigenvalue weighted by atomic mass is 10.0. The molecule has 1 aliphatic rings. The van der Waals surface area contributed by atoms with Crippen molar-refractivity contribution in [3.8, 4) is 0 Å². The minimum Gasteiger partial charge on any atom is -0.355 e. The number of carbonyl (C=O) groups is 1. The molecule has 0 radical (unpaired) electrons. The van der Waals surface area contributed by atoms with E-state index < -0.39 is 0 Å². The van der Waals surface area contributed by atoms with Crippen LogP contribution in [0, 0.1) is 5.82 Å². The molecule has 1 atom stereocenters. The minimum atomic E-state index is -0.168. The predicted octanol–water partition coefficient (Wildman–Crippen LogP) is 1.90. The summed E-state index contributed by atoms with van der Waals surface area (Å²) in [4.78, 5) is 14.0. The van der Waals surface area contributed by atoms with E-state index in [9.17, 15) is 9.18 Å². The normalized spacial score (nSPS) is 18.5. The van der Waals surface area contributed by atoms with E-state index in [2.05, 4.69) is 20.4 Å². The number of aromatic nitrogens is 2. The third kappa shape index (κ3) is 2.87. The van der Waals surface area contributed by atoms with E-state index in [0.29, 0.717) is 17.7 Å². The molecule has 3 rings (SSSR count). The van der Waals surface area contributed by atoms with Gasteiger partial charge in [0.2, 0.25) is 0 Å². The smallest absolute Gasteiger partial charge is 0.254 e. The van der Waals surface area contributed by atoms with E-state index in [-0.39, 0.29) is 17.6 Å². The molecule has 2 N–H and O–H groups in total. The average molecular weight is 302 g/mol. The van der Waals surface area contributed by atoms with Crippen LogP contribution in [-0.2, 0) is 6.54 Å². The summed E-state index contributed by atoms with van der Waals surface area (Å²) in [5.74, 6) is -0.0728. The lowest BCUT2D eigenvalue weighted by molar-refractivity contribution is 0.0961. The number of likely N-dealkylation sites (tertiary alicyclic amines) is 1. The highest BCUT2D eigenvalue weighted by Gasteiger charge is 2.28. The van der Waals surface area contributed by atoms with E-state index in [4.69, 9.17) is 0 Å². The van der Waals surface area contributed by atoms with Crippen molar-refractivity contribution in [1.82, 2.24) is 20.4 Å². The van der Waals surface area contributed by atoms with Crippen LogP contribution in [0.5, 0.6) is 0 Å². The van der Waals surface area contributed by atoms with Gasteiger partial charge in [0.1, 0.15) is 5.82 Å². The van der Waals surface area contributed by atoms with Gasteiger partial charge in [-0.3, -0.25) is 14.8 Å². The third-order valence-corrected chi connectivity index (χ3v) is 4.17. The molecule has 1 fully saturated rings. The van der Waals surface area contributed by atoms with E-state index in [1.807, 2.05) is 12.1 Å². The summed E-state index contributed by atoms with van der Waals surface area (Å²) in [5, 5.41) is 9.57. The van der Waals surface area contributed by atoms with Gasteiger partial charge in [-0.05, 0) is 19.0 Å². The van der Waals surface area contributed by atoms with Crippen molar-refractivity contribution < 1.29 is 9.18 Å². The van der Waals surface area contributed by atoms with Crippen LogP contribution in [0.25, 0.3) is 0 Å². The van der Waals surface area contributed by atoms with Gasteiger partial charge in [-0.25, -0.2) is 4.39 Å². The van der Waals surface area contributed by atoms with E-state index in [0.717, 1.165) is 25.2 Å². The maximum Gasteiger partial charge on any atom is 0.254 e. The van der Waals surface area contributed by atoms with Gasteiger partial charge in [0, 0.05) is 31.6 Å². The summed E-state index contributed by atoms with van der Waals surface area (Å²) < 4.78 is 13.7. The number of carbonyl (C=O) groups excluding carboxylic acids is 1. The fourth-order valence-electron chi connectivity index (χ4n) is 3.00. The molecule has 0 saturated carbocycles. The second-order valence-corrected chi connectivity index (χ2v) is 5.59. The second-order valence-electron chi connectivity index (χ2n) is 5.59. The van der Waals surface area contributed by atoms with Crippen LogP contribution >= 0.6 is 0 Å². The summed E-state index contributed by atoms with van der Waals surface area (Å²) >= 11 is 0. The van der Waals surface area contributed by atoms with E-state index in [1.54, 1.807) is 19.3 Å². The molecule has 0 aliphatic carbocycles. The number of hydrogen-bond donors (Lipinski definition) is 2. The molecule has 1 unspecified atom stereocenters. The summed E-state index contributed by atoms with van der Waals surface area (Å²) in [6.45, 7) is 2.26. The van der Waals surface area contributed by atoms with Gasteiger partial charge in [-0.1, -0.05) is 18.2 Å². The SMILES string of the molecule is CNC(=O)c1cn[nH]c1C1CCN(Cc2ccccc2F)C1. The first kappa shape index (κ1) is 14.7. The molecule has 116 valence electrons. The van der Waals surface area contributed by atoms with Crippen molar-refractivity contribution >= 4 is 5.91 Å². The highest BCUT2D eigenvalue weighted by molar-refractivity contribution is 5.95. The molecular weight excluding hydrogens is 283 g/mol. The molecule has 22 heavy (non-hydrogen) atoms. The third-order valence-electron chi connectivity index (χ3n) is 4.17.